The molecule has 13 nitrogen and oxygen atoms in total. The fourth-order valence-corrected chi connectivity index (χ4v) is 6.16. The minimum atomic E-state index is -0.650. The summed E-state index contributed by atoms with van der Waals surface area (Å²) in [7, 11) is 0. The Balaban J connectivity index is 1.02. The first-order valence-electron chi connectivity index (χ1n) is 14.7. The van der Waals surface area contributed by atoms with E-state index in [-0.39, 0.29) is 35.3 Å². The van der Waals surface area contributed by atoms with Crippen LogP contribution < -0.4 is 32.1 Å². The third-order valence-electron chi connectivity index (χ3n) is 8.51. The second-order valence-corrected chi connectivity index (χ2v) is 11.3. The van der Waals surface area contributed by atoms with Crippen LogP contribution in [0.2, 0.25) is 0 Å². The molecule has 7 rings (SSSR count). The Morgan fingerprint density at radius 2 is 1.76 bits per heavy atom. The normalized spacial score (nSPS) is 15.7. The first-order chi connectivity index (χ1) is 21.9. The molecule has 2 aromatic heterocycles. The number of benzene rings is 2. The Morgan fingerprint density at radius 3 is 2.56 bits per heavy atom. The van der Waals surface area contributed by atoms with Crippen LogP contribution in [0.15, 0.2) is 64.7 Å². The number of aromatic amines is 1. The summed E-state index contributed by atoms with van der Waals surface area (Å²) in [5, 5.41) is 12.7. The van der Waals surface area contributed by atoms with Crippen LogP contribution in [-0.2, 0) is 19.4 Å². The maximum absolute atomic E-state index is 13.1. The molecular formula is C32H29N9O4. The highest BCUT2D eigenvalue weighted by molar-refractivity contribution is 5.97. The summed E-state index contributed by atoms with van der Waals surface area (Å²) in [6.45, 7) is 0.752. The van der Waals surface area contributed by atoms with Gasteiger partial charge < -0.3 is 21.3 Å². The highest BCUT2D eigenvalue weighted by Gasteiger charge is 2.28. The van der Waals surface area contributed by atoms with Gasteiger partial charge in [0, 0.05) is 30.4 Å². The van der Waals surface area contributed by atoms with Gasteiger partial charge in [-0.15, -0.1) is 0 Å². The van der Waals surface area contributed by atoms with E-state index in [1.54, 1.807) is 0 Å². The van der Waals surface area contributed by atoms with E-state index in [2.05, 4.69) is 41.8 Å². The molecule has 13 heteroatoms. The monoisotopic (exact) mass is 603 g/mol. The van der Waals surface area contributed by atoms with E-state index in [0.29, 0.717) is 12.4 Å². The number of nitrogens with one attached hydrogen (secondary N) is 3. The molecule has 2 aliphatic rings. The quantitative estimate of drug-likeness (QED) is 0.201. The van der Waals surface area contributed by atoms with Crippen molar-refractivity contribution in [3.05, 3.63) is 109 Å². The molecule has 3 heterocycles. The molecule has 0 spiro atoms. The van der Waals surface area contributed by atoms with Gasteiger partial charge in [-0.3, -0.25) is 24.3 Å². The van der Waals surface area contributed by atoms with E-state index >= 15 is 0 Å². The summed E-state index contributed by atoms with van der Waals surface area (Å²) in [6, 6.07) is 13.0. The lowest BCUT2D eigenvalue weighted by Gasteiger charge is -2.27. The second-order valence-electron chi connectivity index (χ2n) is 11.3. The number of nitrogens with zero attached hydrogens (tertiary/aromatic N) is 5. The number of rotatable bonds is 7. The predicted molar refractivity (Wildman–Crippen MR) is 166 cm³/mol. The highest BCUT2D eigenvalue weighted by Crippen LogP contribution is 2.35. The molecule has 5 N–H and O–H groups in total. The summed E-state index contributed by atoms with van der Waals surface area (Å²) in [4.78, 5) is 64.5. The zero-order valence-corrected chi connectivity index (χ0v) is 24.2. The summed E-state index contributed by atoms with van der Waals surface area (Å²) in [6.07, 6.45) is 6.83. The Kier molecular flexibility index (Phi) is 7.12. The average molecular weight is 604 g/mol. The number of carbonyl (C=O) groups is 2. The van der Waals surface area contributed by atoms with E-state index in [1.165, 1.54) is 18.7 Å². The molecule has 1 aliphatic carbocycles. The summed E-state index contributed by atoms with van der Waals surface area (Å²) in [5.74, 6) is -0.171. The average Bonchev–Trinajstić information content (AvgIpc) is 3.71. The first-order valence-corrected chi connectivity index (χ1v) is 14.7. The smallest absolute Gasteiger partial charge is 0.270 e. The number of aromatic nitrogens is 5. The highest BCUT2D eigenvalue weighted by atomic mass is 16.2. The molecule has 45 heavy (non-hydrogen) atoms. The van der Waals surface area contributed by atoms with Gasteiger partial charge in [-0.25, -0.2) is 15.0 Å². The molecule has 1 aliphatic heterocycles. The van der Waals surface area contributed by atoms with Crippen molar-refractivity contribution >= 4 is 28.9 Å². The van der Waals surface area contributed by atoms with Crippen LogP contribution in [0.1, 0.15) is 68.5 Å². The number of aryl methyl sites for hydroxylation is 2. The topological polar surface area (TPSA) is 189 Å². The van der Waals surface area contributed by atoms with Crippen molar-refractivity contribution in [3.63, 3.8) is 0 Å². The molecule has 0 saturated heterocycles. The Morgan fingerprint density at radius 1 is 0.911 bits per heavy atom. The van der Waals surface area contributed by atoms with Crippen LogP contribution in [0.4, 0.5) is 17.1 Å². The van der Waals surface area contributed by atoms with Gasteiger partial charge in [0.1, 0.15) is 35.4 Å². The predicted octanol–water partition coefficient (Wildman–Crippen LogP) is 2.26. The molecule has 0 unspecified atom stereocenters. The van der Waals surface area contributed by atoms with Crippen LogP contribution in [0.3, 0.4) is 0 Å². The third-order valence-corrected chi connectivity index (χ3v) is 8.51. The number of amides is 2. The lowest BCUT2D eigenvalue weighted by molar-refractivity contribution is 0.0931. The van der Waals surface area contributed by atoms with Crippen molar-refractivity contribution in [1.29, 1.82) is 0 Å². The number of nitrogen functional groups attached to an aromatic ring is 1. The SMILES string of the molecule is Nc1c(N2CCCCc3ccc(CNC(=O)c4cc(C(=O)N[C@H]5CCc6cc(-c7ncn[nH]7)ccc65)ncn4)cc32)c(=O)c1=O. The molecule has 2 amide bonds. The number of carbonyl (C=O) groups excluding carboxylic acids is 2. The maximum Gasteiger partial charge on any atom is 0.270 e. The van der Waals surface area contributed by atoms with Crippen molar-refractivity contribution in [2.75, 3.05) is 17.2 Å². The Labute approximate surface area is 256 Å². The van der Waals surface area contributed by atoms with Crippen molar-refractivity contribution < 1.29 is 9.59 Å². The largest absolute Gasteiger partial charge is 0.394 e. The van der Waals surface area contributed by atoms with E-state index in [0.717, 1.165) is 65.6 Å². The van der Waals surface area contributed by atoms with Gasteiger partial charge in [-0.1, -0.05) is 24.3 Å². The molecular weight excluding hydrogens is 574 g/mol. The molecule has 0 radical (unpaired) electrons. The summed E-state index contributed by atoms with van der Waals surface area (Å²) in [5.41, 5.74) is 10.8. The molecule has 3 aromatic carbocycles. The van der Waals surface area contributed by atoms with Crippen LogP contribution in [0, 0.1) is 0 Å². The van der Waals surface area contributed by atoms with E-state index in [4.69, 9.17) is 5.73 Å². The zero-order valence-electron chi connectivity index (χ0n) is 24.2. The standard InChI is InChI=1S/C32H29N9O4/c33-26-27(29(43)28(26)42)41-10-2-1-3-18-5-4-17(11-25(18)41)14-34-31(44)23-13-24(36-15-35-23)32(45)39-22-9-7-19-12-20(6-8-21(19)22)30-37-16-38-40-30/h4-6,8,11-13,15-16,22H,1-3,7,9-10,14,33H2,(H,34,44)(H,39,45)(H,37,38,40)/t22-/m0/s1. The first kappa shape index (κ1) is 28.1. The number of anilines is 3. The van der Waals surface area contributed by atoms with Gasteiger partial charge in [0.25, 0.3) is 22.7 Å². The van der Waals surface area contributed by atoms with Crippen LogP contribution >= 0.6 is 0 Å². The minimum absolute atomic E-state index is 0.00993. The second kappa shape index (κ2) is 11.4. The number of hydrogen-bond donors (Lipinski definition) is 4. The third kappa shape index (κ3) is 5.22. The molecule has 0 bridgehead atoms. The van der Waals surface area contributed by atoms with Crippen LogP contribution in [-0.4, -0.2) is 43.5 Å². The van der Waals surface area contributed by atoms with Crippen molar-refractivity contribution in [2.45, 2.75) is 44.7 Å². The lowest BCUT2D eigenvalue weighted by atomic mass is 10.0. The summed E-state index contributed by atoms with van der Waals surface area (Å²) < 4.78 is 0. The fourth-order valence-electron chi connectivity index (χ4n) is 6.16. The van der Waals surface area contributed by atoms with E-state index in [9.17, 15) is 19.2 Å². The number of nitrogens with two attached hydrogens (primary N) is 1. The van der Waals surface area contributed by atoms with Crippen LogP contribution in [0.25, 0.3) is 11.4 Å². The van der Waals surface area contributed by atoms with Crippen molar-refractivity contribution in [3.8, 4) is 11.4 Å². The molecule has 5 aromatic rings. The van der Waals surface area contributed by atoms with E-state index in [1.807, 2.05) is 35.2 Å². The van der Waals surface area contributed by atoms with Gasteiger partial charge in [-0.05, 0) is 66.5 Å². The number of fused-ring (bicyclic) bond motifs is 2. The van der Waals surface area contributed by atoms with Gasteiger partial charge in [0.15, 0.2) is 5.82 Å². The molecule has 0 saturated carbocycles. The molecule has 226 valence electrons. The molecule has 1 atom stereocenters. The maximum atomic E-state index is 13.1. The fraction of sp³-hybridized carbons (Fsp3) is 0.250. The number of H-pyrrole nitrogens is 1. The van der Waals surface area contributed by atoms with Gasteiger partial charge >= 0.3 is 0 Å². The van der Waals surface area contributed by atoms with Crippen LogP contribution in [0.5, 0.6) is 0 Å². The molecule has 0 fully saturated rings. The Bertz CT molecular complexity index is 2010. The summed E-state index contributed by atoms with van der Waals surface area (Å²) >= 11 is 0. The lowest BCUT2D eigenvalue weighted by Crippen LogP contribution is -2.41. The van der Waals surface area contributed by atoms with Gasteiger partial charge in [0.05, 0.1) is 6.04 Å². The number of hydrogen-bond acceptors (Lipinski definition) is 10. The minimum Gasteiger partial charge on any atom is -0.394 e. The van der Waals surface area contributed by atoms with Gasteiger partial charge in [-0.2, -0.15) is 5.10 Å². The van der Waals surface area contributed by atoms with Crippen molar-refractivity contribution in [2.24, 2.45) is 0 Å². The van der Waals surface area contributed by atoms with E-state index < -0.39 is 22.7 Å². The van der Waals surface area contributed by atoms with Crippen molar-refractivity contribution in [1.82, 2.24) is 35.8 Å². The van der Waals surface area contributed by atoms with Gasteiger partial charge in [0.2, 0.25) is 0 Å². The zero-order chi connectivity index (χ0) is 31.1. The Hall–Kier alpha value is -5.72.